The third-order valence-corrected chi connectivity index (χ3v) is 5.32. The molecular weight excluding hydrogens is 470 g/mol. The summed E-state index contributed by atoms with van der Waals surface area (Å²) in [7, 11) is 2.96. The predicted octanol–water partition coefficient (Wildman–Crippen LogP) is 3.36. The fourth-order valence-electron chi connectivity index (χ4n) is 3.41. The lowest BCUT2D eigenvalue weighted by atomic mass is 10.2. The molecule has 1 atom stereocenters. The number of nitrogens with zero attached hydrogens (tertiary/aromatic N) is 4. The van der Waals surface area contributed by atoms with Crippen LogP contribution in [0.1, 0.15) is 40.3 Å². The minimum atomic E-state index is -0.830. The molecule has 3 rings (SSSR count). The summed E-state index contributed by atoms with van der Waals surface area (Å²) in [6.07, 6.45) is 1.38. The Kier molecular flexibility index (Phi) is 8.00. The summed E-state index contributed by atoms with van der Waals surface area (Å²) in [6, 6.07) is 10.4. The zero-order valence-electron chi connectivity index (χ0n) is 20.3. The second-order valence-corrected chi connectivity index (χ2v) is 7.66. The van der Waals surface area contributed by atoms with E-state index in [0.29, 0.717) is 16.9 Å². The highest BCUT2D eigenvalue weighted by atomic mass is 16.6. The molecule has 0 aliphatic carbocycles. The summed E-state index contributed by atoms with van der Waals surface area (Å²) in [4.78, 5) is 35.6. The molecule has 1 N–H and O–H groups in total. The first-order valence-corrected chi connectivity index (χ1v) is 10.7. The molecular formula is C24H25N5O7. The summed E-state index contributed by atoms with van der Waals surface area (Å²) >= 11 is 0. The number of nitro groups is 1. The van der Waals surface area contributed by atoms with Gasteiger partial charge in [0, 0.05) is 0 Å². The van der Waals surface area contributed by atoms with Crippen LogP contribution >= 0.6 is 0 Å². The Labute approximate surface area is 206 Å². The molecule has 1 unspecified atom stereocenters. The second-order valence-electron chi connectivity index (χ2n) is 7.66. The van der Waals surface area contributed by atoms with Crippen LogP contribution in [0.2, 0.25) is 0 Å². The molecule has 12 heteroatoms. The minimum Gasteiger partial charge on any atom is -0.497 e. The number of nitrogens with one attached hydrogen (secondary N) is 1. The van der Waals surface area contributed by atoms with Crippen molar-refractivity contribution in [1.29, 1.82) is 0 Å². The zero-order chi connectivity index (χ0) is 26.4. The van der Waals surface area contributed by atoms with Gasteiger partial charge in [-0.05, 0) is 68.8 Å². The summed E-state index contributed by atoms with van der Waals surface area (Å²) in [5.74, 6) is 0.0342. The van der Waals surface area contributed by atoms with E-state index < -0.39 is 22.8 Å². The Balaban J connectivity index is 1.67. The molecule has 0 bridgehead atoms. The second kappa shape index (κ2) is 11.1. The van der Waals surface area contributed by atoms with Crippen molar-refractivity contribution in [2.75, 3.05) is 14.2 Å². The van der Waals surface area contributed by atoms with Crippen LogP contribution in [-0.4, -0.2) is 47.0 Å². The van der Waals surface area contributed by atoms with Gasteiger partial charge >= 0.3 is 11.7 Å². The van der Waals surface area contributed by atoms with Crippen LogP contribution in [0.5, 0.6) is 17.2 Å². The van der Waals surface area contributed by atoms with E-state index in [4.69, 9.17) is 14.2 Å². The van der Waals surface area contributed by atoms with E-state index in [1.54, 1.807) is 49.4 Å². The van der Waals surface area contributed by atoms with E-state index >= 15 is 0 Å². The molecule has 0 saturated heterocycles. The highest BCUT2D eigenvalue weighted by Gasteiger charge is 2.27. The molecule has 0 radical (unpaired) electrons. The van der Waals surface area contributed by atoms with Crippen LogP contribution in [-0.2, 0) is 4.79 Å². The molecule has 3 aromatic rings. The van der Waals surface area contributed by atoms with Crippen molar-refractivity contribution in [2.45, 2.75) is 26.8 Å². The largest absolute Gasteiger partial charge is 0.497 e. The molecule has 1 aromatic heterocycles. The van der Waals surface area contributed by atoms with Gasteiger partial charge in [-0.3, -0.25) is 19.6 Å². The van der Waals surface area contributed by atoms with Gasteiger partial charge in [0.1, 0.15) is 23.2 Å². The van der Waals surface area contributed by atoms with Gasteiger partial charge < -0.3 is 14.2 Å². The molecule has 0 aliphatic heterocycles. The number of carbonyl (C=O) groups excluding carboxylic acids is 2. The number of amides is 1. The maximum Gasteiger partial charge on any atom is 0.343 e. The average molecular weight is 495 g/mol. The Hall–Kier alpha value is -4.74. The standard InChI is InChI=1S/C24H25N5O7/c1-14-22(29(32)33)15(2)28(27-14)16(3)23(30)26-25-13-17-6-11-20(21(12-17)35-5)36-24(31)18-7-9-19(34-4)10-8-18/h6-13,16H,1-5H3,(H,26,30). The summed E-state index contributed by atoms with van der Waals surface area (Å²) in [5, 5.41) is 19.2. The third kappa shape index (κ3) is 5.66. The highest BCUT2D eigenvalue weighted by Crippen LogP contribution is 2.29. The smallest absolute Gasteiger partial charge is 0.343 e. The number of aromatic nitrogens is 2. The number of methoxy groups -OCH3 is 2. The number of ether oxygens (including phenoxy) is 3. The van der Waals surface area contributed by atoms with Crippen molar-refractivity contribution >= 4 is 23.8 Å². The predicted molar refractivity (Wildman–Crippen MR) is 130 cm³/mol. The van der Waals surface area contributed by atoms with E-state index in [2.05, 4.69) is 15.6 Å². The monoisotopic (exact) mass is 495 g/mol. The van der Waals surface area contributed by atoms with E-state index in [0.717, 1.165) is 0 Å². The van der Waals surface area contributed by atoms with Crippen LogP contribution < -0.4 is 19.6 Å². The molecule has 1 heterocycles. The summed E-state index contributed by atoms with van der Waals surface area (Å²) in [5.41, 5.74) is 3.66. The molecule has 188 valence electrons. The SMILES string of the molecule is COc1ccc(C(=O)Oc2ccc(C=NNC(=O)C(C)n3nc(C)c([N+](=O)[O-])c3C)cc2OC)cc1. The Morgan fingerprint density at radius 1 is 1.11 bits per heavy atom. The van der Waals surface area contributed by atoms with Crippen molar-refractivity contribution in [3.8, 4) is 17.2 Å². The van der Waals surface area contributed by atoms with Gasteiger partial charge in [-0.15, -0.1) is 0 Å². The lowest BCUT2D eigenvalue weighted by Gasteiger charge is -2.12. The maximum atomic E-state index is 12.5. The van der Waals surface area contributed by atoms with Crippen molar-refractivity contribution in [3.63, 3.8) is 0 Å². The first-order chi connectivity index (χ1) is 17.2. The molecule has 36 heavy (non-hydrogen) atoms. The topological polar surface area (TPSA) is 147 Å². The van der Waals surface area contributed by atoms with Crippen LogP contribution in [0.4, 0.5) is 5.69 Å². The normalized spacial score (nSPS) is 11.7. The van der Waals surface area contributed by atoms with E-state index in [1.165, 1.54) is 39.0 Å². The van der Waals surface area contributed by atoms with Gasteiger partial charge in [0.15, 0.2) is 11.5 Å². The van der Waals surface area contributed by atoms with Gasteiger partial charge in [0.2, 0.25) is 0 Å². The Morgan fingerprint density at radius 3 is 2.39 bits per heavy atom. The van der Waals surface area contributed by atoms with Crippen LogP contribution in [0.15, 0.2) is 47.6 Å². The van der Waals surface area contributed by atoms with Gasteiger partial charge in [-0.25, -0.2) is 10.2 Å². The third-order valence-electron chi connectivity index (χ3n) is 5.32. The zero-order valence-corrected chi connectivity index (χ0v) is 20.3. The number of hydrogen-bond acceptors (Lipinski definition) is 9. The van der Waals surface area contributed by atoms with Gasteiger partial charge in [-0.2, -0.15) is 10.2 Å². The molecule has 0 aliphatic rings. The fourth-order valence-corrected chi connectivity index (χ4v) is 3.41. The van der Waals surface area contributed by atoms with Crippen molar-refractivity contribution in [3.05, 3.63) is 75.1 Å². The van der Waals surface area contributed by atoms with Crippen molar-refractivity contribution in [1.82, 2.24) is 15.2 Å². The lowest BCUT2D eigenvalue weighted by molar-refractivity contribution is -0.386. The van der Waals surface area contributed by atoms with E-state index in [9.17, 15) is 19.7 Å². The Morgan fingerprint density at radius 2 is 1.81 bits per heavy atom. The number of carbonyl (C=O) groups is 2. The highest BCUT2D eigenvalue weighted by molar-refractivity contribution is 5.92. The molecule has 0 fully saturated rings. The van der Waals surface area contributed by atoms with Gasteiger partial charge in [0.05, 0.1) is 30.9 Å². The minimum absolute atomic E-state index is 0.127. The van der Waals surface area contributed by atoms with Crippen molar-refractivity contribution < 1.29 is 28.7 Å². The van der Waals surface area contributed by atoms with Crippen molar-refractivity contribution in [2.24, 2.45) is 5.10 Å². The summed E-state index contributed by atoms with van der Waals surface area (Å²) < 4.78 is 17.1. The number of hydrogen-bond donors (Lipinski definition) is 1. The molecule has 2 aromatic carbocycles. The van der Waals surface area contributed by atoms with Crippen LogP contribution in [0.3, 0.4) is 0 Å². The Bertz CT molecular complexity index is 1320. The van der Waals surface area contributed by atoms with E-state index in [-0.39, 0.29) is 28.6 Å². The maximum absolute atomic E-state index is 12.5. The first-order valence-electron chi connectivity index (χ1n) is 10.7. The quantitative estimate of drug-likeness (QED) is 0.156. The molecule has 12 nitrogen and oxygen atoms in total. The van der Waals surface area contributed by atoms with Gasteiger partial charge in [-0.1, -0.05) is 0 Å². The molecule has 0 saturated carbocycles. The van der Waals surface area contributed by atoms with Crippen LogP contribution in [0, 0.1) is 24.0 Å². The number of rotatable bonds is 9. The molecule has 1 amide bonds. The number of hydrazone groups is 1. The number of esters is 1. The van der Waals surface area contributed by atoms with Gasteiger partial charge in [0.25, 0.3) is 5.91 Å². The first kappa shape index (κ1) is 25.9. The number of aryl methyl sites for hydroxylation is 1. The fraction of sp³-hybridized carbons (Fsp3) is 0.250. The lowest BCUT2D eigenvalue weighted by Crippen LogP contribution is -2.28. The van der Waals surface area contributed by atoms with E-state index in [1.807, 2.05) is 0 Å². The molecule has 0 spiro atoms. The van der Waals surface area contributed by atoms with Crippen LogP contribution in [0.25, 0.3) is 0 Å². The number of benzene rings is 2. The average Bonchev–Trinajstić information content (AvgIpc) is 3.17. The summed E-state index contributed by atoms with van der Waals surface area (Å²) in [6.45, 7) is 4.60.